The van der Waals surface area contributed by atoms with Gasteiger partial charge in [0.25, 0.3) is 0 Å². The number of hydrogen-bond donors (Lipinski definition) is 2. The van der Waals surface area contributed by atoms with Gasteiger partial charge in [0.05, 0.1) is 5.69 Å². The summed E-state index contributed by atoms with van der Waals surface area (Å²) in [6.07, 6.45) is 2.61. The molecule has 1 fully saturated rings. The molecule has 2 rings (SSSR count). The van der Waals surface area contributed by atoms with E-state index in [1.807, 2.05) is 18.2 Å². The highest BCUT2D eigenvalue weighted by atomic mass is 28.3. The van der Waals surface area contributed by atoms with Crippen molar-refractivity contribution in [1.82, 2.24) is 5.32 Å². The van der Waals surface area contributed by atoms with Crippen molar-refractivity contribution in [2.75, 3.05) is 18.8 Å². The van der Waals surface area contributed by atoms with E-state index in [1.54, 1.807) is 0 Å². The van der Waals surface area contributed by atoms with Crippen molar-refractivity contribution in [3.63, 3.8) is 0 Å². The molecule has 120 valence electrons. The highest BCUT2D eigenvalue weighted by Gasteiger charge is 2.21. The number of nitrogen functional groups attached to an aromatic ring is 1. The largest absolute Gasteiger partial charge is 0.488 e. The Morgan fingerprint density at radius 1 is 1.36 bits per heavy atom. The summed E-state index contributed by atoms with van der Waals surface area (Å²) in [5.74, 6) is 4.57. The zero-order valence-electron chi connectivity index (χ0n) is 14.2. The first kappa shape index (κ1) is 16.9. The summed E-state index contributed by atoms with van der Waals surface area (Å²) in [6.45, 7) is 11.0. The van der Waals surface area contributed by atoms with Crippen LogP contribution in [0.2, 0.25) is 19.6 Å². The predicted molar refractivity (Wildman–Crippen MR) is 96.8 cm³/mol. The molecule has 0 saturated carbocycles. The van der Waals surface area contributed by atoms with Gasteiger partial charge in [0, 0.05) is 18.0 Å². The van der Waals surface area contributed by atoms with E-state index < -0.39 is 8.07 Å². The summed E-state index contributed by atoms with van der Waals surface area (Å²) in [7, 11) is -1.36. The molecule has 0 bridgehead atoms. The Labute approximate surface area is 135 Å². The van der Waals surface area contributed by atoms with E-state index >= 15 is 0 Å². The quantitative estimate of drug-likeness (QED) is 0.511. The minimum Gasteiger partial charge on any atom is -0.488 e. The first-order valence-corrected chi connectivity index (χ1v) is 11.7. The molecule has 0 aliphatic carbocycles. The Morgan fingerprint density at radius 2 is 2.14 bits per heavy atom. The van der Waals surface area contributed by atoms with Gasteiger partial charge in [-0.25, -0.2) is 0 Å². The Kier molecular flexibility index (Phi) is 5.55. The van der Waals surface area contributed by atoms with Gasteiger partial charge in [0.2, 0.25) is 0 Å². The van der Waals surface area contributed by atoms with Crippen LogP contribution in [0.4, 0.5) is 5.69 Å². The zero-order valence-corrected chi connectivity index (χ0v) is 15.2. The van der Waals surface area contributed by atoms with Crippen molar-refractivity contribution in [2.24, 2.45) is 5.92 Å². The van der Waals surface area contributed by atoms with Crippen LogP contribution in [0.5, 0.6) is 5.75 Å². The molecule has 0 amide bonds. The van der Waals surface area contributed by atoms with E-state index in [0.29, 0.717) is 11.6 Å². The van der Waals surface area contributed by atoms with Crippen molar-refractivity contribution in [3.05, 3.63) is 23.8 Å². The number of piperidine rings is 1. The third-order valence-corrected chi connectivity index (χ3v) is 4.78. The summed E-state index contributed by atoms with van der Waals surface area (Å²) >= 11 is 0. The molecule has 3 nitrogen and oxygen atoms in total. The molecule has 2 atom stereocenters. The standard InChI is InChI=1S/C18H28N2OSi/c1-14(16-6-5-10-20-13-16)21-18-8-7-15(12-17(18)19)9-11-22(2,3)4/h7-8,12,14,16,20H,5-6,10,13,19H2,1-4H3. The molecule has 22 heavy (non-hydrogen) atoms. The second-order valence-electron chi connectivity index (χ2n) is 7.18. The molecule has 4 heteroatoms. The van der Waals surface area contributed by atoms with Crippen LogP contribution >= 0.6 is 0 Å². The smallest absolute Gasteiger partial charge is 0.142 e. The highest BCUT2D eigenvalue weighted by molar-refractivity contribution is 6.83. The van der Waals surface area contributed by atoms with Gasteiger partial charge in [0.1, 0.15) is 19.9 Å². The van der Waals surface area contributed by atoms with E-state index in [1.165, 1.54) is 12.8 Å². The molecule has 1 heterocycles. The fraction of sp³-hybridized carbons (Fsp3) is 0.556. The van der Waals surface area contributed by atoms with Crippen LogP contribution in [0.25, 0.3) is 0 Å². The fourth-order valence-corrected chi connectivity index (χ4v) is 3.09. The number of ether oxygens (including phenoxy) is 1. The third kappa shape index (κ3) is 5.08. The first-order chi connectivity index (χ1) is 10.3. The minimum atomic E-state index is -1.36. The molecule has 1 aliphatic rings. The first-order valence-electron chi connectivity index (χ1n) is 8.15. The van der Waals surface area contributed by atoms with Crippen LogP contribution in [0.15, 0.2) is 18.2 Å². The normalized spacial score (nSPS) is 19.9. The number of benzene rings is 1. The number of nitrogens with one attached hydrogen (secondary N) is 1. The minimum absolute atomic E-state index is 0.175. The maximum atomic E-state index is 6.14. The van der Waals surface area contributed by atoms with Gasteiger partial charge in [-0.2, -0.15) is 0 Å². The van der Waals surface area contributed by atoms with Gasteiger partial charge in [-0.05, 0) is 44.5 Å². The van der Waals surface area contributed by atoms with Crippen LogP contribution in [0, 0.1) is 17.4 Å². The molecule has 0 spiro atoms. The predicted octanol–water partition coefficient (Wildman–Crippen LogP) is 3.26. The molecule has 0 radical (unpaired) electrons. The van der Waals surface area contributed by atoms with Crippen molar-refractivity contribution in [3.8, 4) is 17.2 Å². The Hall–Kier alpha value is -1.44. The number of nitrogens with two attached hydrogens (primary N) is 1. The SMILES string of the molecule is CC(Oc1ccc(C#C[Si](C)(C)C)cc1N)C1CCCNC1. The average Bonchev–Trinajstić information content (AvgIpc) is 2.47. The summed E-state index contributed by atoms with van der Waals surface area (Å²) in [5, 5.41) is 3.43. The van der Waals surface area contributed by atoms with E-state index in [0.717, 1.165) is 24.4 Å². The molecular weight excluding hydrogens is 288 g/mol. The fourth-order valence-electron chi connectivity index (χ4n) is 2.57. The number of anilines is 1. The topological polar surface area (TPSA) is 47.3 Å². The van der Waals surface area contributed by atoms with Gasteiger partial charge in [-0.1, -0.05) is 25.6 Å². The van der Waals surface area contributed by atoms with Gasteiger partial charge in [0.15, 0.2) is 0 Å². The Bertz CT molecular complexity index is 563. The van der Waals surface area contributed by atoms with E-state index in [9.17, 15) is 0 Å². The van der Waals surface area contributed by atoms with Crippen LogP contribution in [0.3, 0.4) is 0 Å². The maximum absolute atomic E-state index is 6.14. The lowest BCUT2D eigenvalue weighted by Crippen LogP contribution is -2.38. The number of hydrogen-bond acceptors (Lipinski definition) is 3. The van der Waals surface area contributed by atoms with Gasteiger partial charge in [-0.3, -0.25) is 0 Å². The molecule has 1 saturated heterocycles. The lowest BCUT2D eigenvalue weighted by atomic mass is 9.94. The molecule has 1 aromatic carbocycles. The Morgan fingerprint density at radius 3 is 2.73 bits per heavy atom. The van der Waals surface area contributed by atoms with Crippen molar-refractivity contribution in [1.29, 1.82) is 0 Å². The van der Waals surface area contributed by atoms with Crippen molar-refractivity contribution < 1.29 is 4.74 Å². The second kappa shape index (κ2) is 7.21. The lowest BCUT2D eigenvalue weighted by molar-refractivity contribution is 0.132. The maximum Gasteiger partial charge on any atom is 0.142 e. The summed E-state index contributed by atoms with van der Waals surface area (Å²) in [5.41, 5.74) is 11.2. The second-order valence-corrected chi connectivity index (χ2v) is 11.9. The molecule has 3 N–H and O–H groups in total. The van der Waals surface area contributed by atoms with Crippen LogP contribution in [-0.2, 0) is 0 Å². The van der Waals surface area contributed by atoms with Crippen molar-refractivity contribution in [2.45, 2.75) is 45.5 Å². The molecule has 1 aromatic rings. The van der Waals surface area contributed by atoms with Gasteiger partial charge < -0.3 is 15.8 Å². The summed E-state index contributed by atoms with van der Waals surface area (Å²) in [6, 6.07) is 5.88. The van der Waals surface area contributed by atoms with Gasteiger partial charge >= 0.3 is 0 Å². The molecule has 0 aromatic heterocycles. The Balaban J connectivity index is 2.04. The van der Waals surface area contributed by atoms with E-state index in [-0.39, 0.29) is 6.10 Å². The monoisotopic (exact) mass is 316 g/mol. The summed E-state index contributed by atoms with van der Waals surface area (Å²) in [4.78, 5) is 0. The molecule has 1 aliphatic heterocycles. The van der Waals surface area contributed by atoms with Crippen LogP contribution < -0.4 is 15.8 Å². The third-order valence-electron chi connectivity index (χ3n) is 3.90. The number of rotatable bonds is 3. The molecule has 2 unspecified atom stereocenters. The average molecular weight is 317 g/mol. The molecular formula is C18H28N2OSi. The van der Waals surface area contributed by atoms with Crippen LogP contribution in [-0.4, -0.2) is 27.3 Å². The van der Waals surface area contributed by atoms with E-state index in [2.05, 4.69) is 43.3 Å². The lowest BCUT2D eigenvalue weighted by Gasteiger charge is -2.29. The van der Waals surface area contributed by atoms with Crippen LogP contribution in [0.1, 0.15) is 25.3 Å². The highest BCUT2D eigenvalue weighted by Crippen LogP contribution is 2.26. The summed E-state index contributed by atoms with van der Waals surface area (Å²) < 4.78 is 6.08. The van der Waals surface area contributed by atoms with Crippen molar-refractivity contribution >= 4 is 13.8 Å². The zero-order chi connectivity index (χ0) is 16.2. The van der Waals surface area contributed by atoms with E-state index in [4.69, 9.17) is 10.5 Å². The van der Waals surface area contributed by atoms with Gasteiger partial charge in [-0.15, -0.1) is 5.54 Å².